The van der Waals surface area contributed by atoms with Crippen molar-refractivity contribution in [2.24, 2.45) is 0 Å². The molecule has 0 aliphatic carbocycles. The zero-order valence-corrected chi connectivity index (χ0v) is 8.30. The van der Waals surface area contributed by atoms with Crippen LogP contribution in [0.1, 0.15) is 35.0 Å². The minimum absolute atomic E-state index is 0.186. The van der Waals surface area contributed by atoms with Gasteiger partial charge in [0.2, 0.25) is 0 Å². The Bertz CT molecular complexity index is 542. The standard InChI is InChI=1S/C11H16N2O3/c1-8(2)12-7-11(14)9-3-5-10(6-4-9)13(15)16/h3-6,8,11-12,14H,7H2,1-2H3/i1D3,2D3,8D. The normalized spacial score (nSPS) is 21.4. The number of nitrogens with one attached hydrogen (secondary N) is 1. The Balaban J connectivity index is 2.88. The van der Waals surface area contributed by atoms with E-state index in [-0.39, 0.29) is 11.3 Å². The Morgan fingerprint density at radius 2 is 2.19 bits per heavy atom. The summed E-state index contributed by atoms with van der Waals surface area (Å²) in [6.45, 7) is -6.81. The van der Waals surface area contributed by atoms with Crippen LogP contribution in [0.5, 0.6) is 0 Å². The number of hydrogen-bond acceptors (Lipinski definition) is 4. The van der Waals surface area contributed by atoms with Crippen LogP contribution in [-0.4, -0.2) is 22.6 Å². The van der Waals surface area contributed by atoms with Crippen LogP contribution in [0.4, 0.5) is 5.69 Å². The number of rotatable bonds is 5. The van der Waals surface area contributed by atoms with Gasteiger partial charge in [0.05, 0.1) is 11.0 Å². The third kappa shape index (κ3) is 3.60. The van der Waals surface area contributed by atoms with Crippen molar-refractivity contribution < 1.29 is 19.6 Å². The molecule has 0 aliphatic heterocycles. The molecule has 88 valence electrons. The summed E-state index contributed by atoms with van der Waals surface area (Å²) in [4.78, 5) is 9.92. The summed E-state index contributed by atoms with van der Waals surface area (Å²) in [6, 6.07) is 1.89. The molecule has 1 unspecified atom stereocenters. The number of benzene rings is 1. The van der Waals surface area contributed by atoms with Crippen LogP contribution >= 0.6 is 0 Å². The lowest BCUT2D eigenvalue weighted by molar-refractivity contribution is -0.384. The second-order valence-electron chi connectivity index (χ2n) is 3.12. The monoisotopic (exact) mass is 231 g/mol. The van der Waals surface area contributed by atoms with Gasteiger partial charge in [0.1, 0.15) is 0 Å². The molecule has 2 N–H and O–H groups in total. The van der Waals surface area contributed by atoms with Gasteiger partial charge in [-0.1, -0.05) is 13.7 Å². The van der Waals surface area contributed by atoms with E-state index < -0.39 is 37.3 Å². The maximum Gasteiger partial charge on any atom is 0.269 e. The molecule has 0 saturated carbocycles. The van der Waals surface area contributed by atoms with Gasteiger partial charge in [0, 0.05) is 34.3 Å². The summed E-state index contributed by atoms with van der Waals surface area (Å²) in [5, 5.41) is 22.6. The van der Waals surface area contributed by atoms with Crippen molar-refractivity contribution in [3.8, 4) is 0 Å². The van der Waals surface area contributed by atoms with E-state index in [0.29, 0.717) is 0 Å². The second-order valence-corrected chi connectivity index (χ2v) is 3.12. The van der Waals surface area contributed by atoms with Crippen LogP contribution < -0.4 is 5.32 Å². The Morgan fingerprint density at radius 3 is 2.69 bits per heavy atom. The first-order chi connectivity index (χ1) is 10.3. The maximum absolute atomic E-state index is 10.5. The van der Waals surface area contributed by atoms with Crippen molar-refractivity contribution >= 4 is 5.69 Å². The molecule has 0 radical (unpaired) electrons. The van der Waals surface area contributed by atoms with Crippen molar-refractivity contribution in [1.82, 2.24) is 5.32 Å². The molecule has 0 bridgehead atoms. The lowest BCUT2D eigenvalue weighted by Crippen LogP contribution is -2.27. The summed E-state index contributed by atoms with van der Waals surface area (Å²) in [5.41, 5.74) is 0.0373. The van der Waals surface area contributed by atoms with Crippen molar-refractivity contribution in [2.45, 2.75) is 25.8 Å². The minimum atomic E-state index is -3.15. The molecule has 0 aromatic heterocycles. The number of nitro groups is 1. The lowest BCUT2D eigenvalue weighted by atomic mass is 10.1. The third-order valence-electron chi connectivity index (χ3n) is 1.96. The molecular formula is C11H16N2O3. The minimum Gasteiger partial charge on any atom is -0.387 e. The van der Waals surface area contributed by atoms with E-state index in [1.54, 1.807) is 0 Å². The summed E-state index contributed by atoms with van der Waals surface area (Å²) in [7, 11) is 0. The van der Waals surface area contributed by atoms with Crippen LogP contribution in [-0.2, 0) is 0 Å². The first-order valence-electron chi connectivity index (χ1n) is 7.97. The third-order valence-corrected chi connectivity index (χ3v) is 1.96. The van der Waals surface area contributed by atoms with E-state index in [1.165, 1.54) is 12.1 Å². The Hall–Kier alpha value is -1.46. The van der Waals surface area contributed by atoms with E-state index in [0.717, 1.165) is 12.1 Å². The smallest absolute Gasteiger partial charge is 0.269 e. The number of aliphatic hydroxyl groups excluding tert-OH is 1. The highest BCUT2D eigenvalue weighted by Crippen LogP contribution is 2.17. The summed E-state index contributed by atoms with van der Waals surface area (Å²) < 4.78 is 51.1. The molecule has 1 aromatic carbocycles. The second kappa shape index (κ2) is 5.58. The fourth-order valence-electron chi connectivity index (χ4n) is 1.13. The van der Waals surface area contributed by atoms with Gasteiger partial charge in [-0.15, -0.1) is 0 Å². The van der Waals surface area contributed by atoms with E-state index in [4.69, 9.17) is 9.60 Å². The molecule has 0 amide bonds. The summed E-state index contributed by atoms with van der Waals surface area (Å²) >= 11 is 0. The quantitative estimate of drug-likeness (QED) is 0.596. The zero-order chi connectivity index (χ0) is 18.1. The van der Waals surface area contributed by atoms with Gasteiger partial charge in [-0.2, -0.15) is 0 Å². The van der Waals surface area contributed by atoms with Crippen LogP contribution in [0.15, 0.2) is 24.3 Å². The number of hydrogen-bond donors (Lipinski definition) is 2. The predicted molar refractivity (Wildman–Crippen MR) is 61.2 cm³/mol. The van der Waals surface area contributed by atoms with Gasteiger partial charge < -0.3 is 10.4 Å². The van der Waals surface area contributed by atoms with Crippen LogP contribution in [0.2, 0.25) is 0 Å². The van der Waals surface area contributed by atoms with Gasteiger partial charge in [0.15, 0.2) is 0 Å². The molecule has 0 aliphatic rings. The largest absolute Gasteiger partial charge is 0.387 e. The van der Waals surface area contributed by atoms with Crippen LogP contribution in [0.3, 0.4) is 0 Å². The molecule has 16 heavy (non-hydrogen) atoms. The van der Waals surface area contributed by atoms with Gasteiger partial charge in [-0.05, 0) is 17.7 Å². The number of nitrogens with zero attached hydrogens (tertiary/aromatic N) is 1. The first-order valence-corrected chi connectivity index (χ1v) is 4.47. The van der Waals surface area contributed by atoms with Crippen LogP contribution in [0, 0.1) is 10.1 Å². The SMILES string of the molecule is [2H]C([2H])([2H])C([2H])(NCC(O)c1ccc([N+](=O)[O-])cc1)C([2H])([2H])[2H]. The topological polar surface area (TPSA) is 75.4 Å². The molecule has 5 nitrogen and oxygen atoms in total. The van der Waals surface area contributed by atoms with Gasteiger partial charge in [0.25, 0.3) is 5.69 Å². The van der Waals surface area contributed by atoms with Crippen LogP contribution in [0.25, 0.3) is 0 Å². The average molecular weight is 231 g/mol. The molecule has 0 fully saturated rings. The molecular weight excluding hydrogens is 208 g/mol. The lowest BCUT2D eigenvalue weighted by Gasteiger charge is -2.14. The molecule has 0 heterocycles. The molecule has 0 saturated heterocycles. The predicted octanol–water partition coefficient (Wildman–Crippen LogP) is 1.63. The van der Waals surface area contributed by atoms with E-state index >= 15 is 0 Å². The highest BCUT2D eigenvalue weighted by Gasteiger charge is 2.10. The van der Waals surface area contributed by atoms with E-state index in [2.05, 4.69) is 5.32 Å². The van der Waals surface area contributed by atoms with Gasteiger partial charge in [-0.25, -0.2) is 0 Å². The van der Waals surface area contributed by atoms with Gasteiger partial charge >= 0.3 is 0 Å². The fourth-order valence-corrected chi connectivity index (χ4v) is 1.13. The summed E-state index contributed by atoms with van der Waals surface area (Å²) in [6.07, 6.45) is -1.33. The Morgan fingerprint density at radius 1 is 1.56 bits per heavy atom. The first kappa shape index (κ1) is 5.75. The number of aliphatic hydroxyl groups is 1. The zero-order valence-electron chi connectivity index (χ0n) is 15.3. The summed E-state index contributed by atoms with van der Waals surface area (Å²) in [5.74, 6) is 0. The van der Waals surface area contributed by atoms with Crippen molar-refractivity contribution in [1.29, 1.82) is 0 Å². The average Bonchev–Trinajstić information content (AvgIpc) is 2.41. The molecule has 0 spiro atoms. The van der Waals surface area contributed by atoms with E-state index in [9.17, 15) is 15.2 Å². The maximum atomic E-state index is 10.5. The van der Waals surface area contributed by atoms with Crippen molar-refractivity contribution in [3.63, 3.8) is 0 Å². The molecule has 1 aromatic rings. The molecule has 1 rings (SSSR count). The Kier molecular flexibility index (Phi) is 2.00. The number of non-ortho nitro benzene ring substituents is 1. The van der Waals surface area contributed by atoms with Gasteiger partial charge in [-0.3, -0.25) is 10.1 Å². The molecule has 5 heteroatoms. The van der Waals surface area contributed by atoms with Crippen molar-refractivity contribution in [2.75, 3.05) is 6.54 Å². The highest BCUT2D eigenvalue weighted by atomic mass is 16.6. The fraction of sp³-hybridized carbons (Fsp3) is 0.455. The van der Waals surface area contributed by atoms with Crippen molar-refractivity contribution in [3.05, 3.63) is 39.9 Å². The van der Waals surface area contributed by atoms with E-state index in [1.807, 2.05) is 0 Å². The Labute approximate surface area is 104 Å². The highest BCUT2D eigenvalue weighted by molar-refractivity contribution is 5.33. The number of nitro benzene ring substituents is 1. The molecule has 1 atom stereocenters.